The van der Waals surface area contributed by atoms with Crippen LogP contribution >= 0.6 is 0 Å². The molecule has 0 bridgehead atoms. The molecule has 0 heterocycles. The first-order valence-electron chi connectivity index (χ1n) is 2.45. The molecule has 0 rings (SSSR count). The van der Waals surface area contributed by atoms with Crippen molar-refractivity contribution < 1.29 is 5.11 Å². The zero-order chi connectivity index (χ0) is 6.00. The first-order valence-corrected chi connectivity index (χ1v) is 2.45. The molecule has 0 saturated carbocycles. The van der Waals surface area contributed by atoms with E-state index in [-0.39, 0.29) is 22.3 Å². The Bertz CT molecular complexity index is 4.53. The van der Waals surface area contributed by atoms with Crippen LogP contribution < -0.4 is 0 Å². The summed E-state index contributed by atoms with van der Waals surface area (Å²) in [5, 5.41) is 7.00. The van der Waals surface area contributed by atoms with E-state index in [9.17, 15) is 0 Å². The number of rotatable bonds is 0. The van der Waals surface area contributed by atoms with Crippen molar-refractivity contribution in [2.24, 2.45) is 0 Å². The molecule has 0 amide bonds. The predicted octanol–water partition coefficient (Wildman–Crippen LogP) is 3.57. The summed E-state index contributed by atoms with van der Waals surface area (Å²) in [4.78, 5) is 0. The maximum atomic E-state index is 7.00. The third kappa shape index (κ3) is 177000. The van der Waals surface area contributed by atoms with Crippen molar-refractivity contribution in [2.45, 2.75) is 50.0 Å². The molecular formula is C8H28O. The molecule has 0 radical (unpaired) electrons. The van der Waals surface area contributed by atoms with E-state index in [1.54, 1.807) is 0 Å². The predicted molar refractivity (Wildman–Crippen MR) is 51.0 cm³/mol. The number of hydrogen-bond donors (Lipinski definition) is 1. The lowest BCUT2D eigenvalue weighted by Gasteiger charge is -1.21. The van der Waals surface area contributed by atoms with Gasteiger partial charge in [-0.15, -0.1) is 0 Å². The van der Waals surface area contributed by atoms with E-state index in [4.69, 9.17) is 5.11 Å². The van der Waals surface area contributed by atoms with E-state index in [2.05, 4.69) is 0 Å². The Labute approximate surface area is 63.1 Å². The lowest BCUT2D eigenvalue weighted by Crippen LogP contribution is -1.25. The van der Waals surface area contributed by atoms with E-state index >= 15 is 0 Å². The number of aliphatic hydroxyl groups excluding tert-OH is 1. The monoisotopic (exact) mass is 140 g/mol. The Morgan fingerprint density at radius 2 is 0.556 bits per heavy atom. The van der Waals surface area contributed by atoms with E-state index in [0.29, 0.717) is 0 Å². The van der Waals surface area contributed by atoms with E-state index in [0.717, 1.165) is 7.11 Å². The molecule has 1 nitrogen and oxygen atoms in total. The minimum absolute atomic E-state index is 0. The van der Waals surface area contributed by atoms with Crippen LogP contribution in [0.4, 0.5) is 0 Å². The molecule has 0 aliphatic rings. The van der Waals surface area contributed by atoms with Gasteiger partial charge in [-0.05, 0) is 0 Å². The average Bonchev–Trinajstić information content (AvgIpc) is 1.81. The van der Waals surface area contributed by atoms with Gasteiger partial charge in [0.25, 0.3) is 0 Å². The van der Waals surface area contributed by atoms with Gasteiger partial charge in [0, 0.05) is 7.11 Å². The van der Waals surface area contributed by atoms with E-state index < -0.39 is 0 Å². The summed E-state index contributed by atoms with van der Waals surface area (Å²) in [6, 6.07) is 0. The molecule has 0 saturated heterocycles. The second-order valence-electron chi connectivity index (χ2n) is 0. The van der Waals surface area contributed by atoms with Gasteiger partial charge in [0.05, 0.1) is 0 Å². The second kappa shape index (κ2) is 241000. The van der Waals surface area contributed by atoms with Crippen molar-refractivity contribution in [1.82, 2.24) is 0 Å². The second-order valence-corrected chi connectivity index (χ2v) is 0. The molecular weight excluding hydrogens is 112 g/mol. The van der Waals surface area contributed by atoms with Crippen LogP contribution in [0, 0.1) is 0 Å². The molecule has 0 fully saturated rings. The molecule has 9 heavy (non-hydrogen) atoms. The molecule has 0 aromatic carbocycles. The minimum atomic E-state index is 0. The van der Waals surface area contributed by atoms with Gasteiger partial charge in [0.15, 0.2) is 0 Å². The standard InChI is InChI=1S/2C2H6.CH4O.3CH4/c3*1-2;;;/h2*1-2H3;2H,1H3;3*1H4. The zero-order valence-electron chi connectivity index (χ0n) is 5.45. The van der Waals surface area contributed by atoms with Crippen molar-refractivity contribution in [3.05, 3.63) is 0 Å². The molecule has 0 aromatic heterocycles. The van der Waals surface area contributed by atoms with Gasteiger partial charge in [-0.1, -0.05) is 50.0 Å². The SMILES string of the molecule is C.C.C.CC.CC.CO. The van der Waals surface area contributed by atoms with Crippen LogP contribution in [-0.4, -0.2) is 12.2 Å². The number of hydrogen-bond acceptors (Lipinski definition) is 1. The zero-order valence-corrected chi connectivity index (χ0v) is 5.45. The van der Waals surface area contributed by atoms with Gasteiger partial charge in [0.2, 0.25) is 0 Å². The van der Waals surface area contributed by atoms with Crippen LogP contribution in [0.25, 0.3) is 0 Å². The van der Waals surface area contributed by atoms with Crippen LogP contribution in [0.5, 0.6) is 0 Å². The van der Waals surface area contributed by atoms with Gasteiger partial charge >= 0.3 is 0 Å². The molecule has 0 aliphatic heterocycles. The molecule has 1 heteroatoms. The molecule has 0 aliphatic carbocycles. The minimum Gasteiger partial charge on any atom is -0.400 e. The van der Waals surface area contributed by atoms with E-state index in [1.807, 2.05) is 27.7 Å². The molecule has 0 aromatic rings. The first-order chi connectivity index (χ1) is 3.00. The number of aliphatic hydroxyl groups is 1. The Kier molecular flexibility index (Phi) is 1740000. The summed E-state index contributed by atoms with van der Waals surface area (Å²) in [7, 11) is 1.00. The fourth-order valence-corrected chi connectivity index (χ4v) is 0. The van der Waals surface area contributed by atoms with Gasteiger partial charge in [-0.2, -0.15) is 0 Å². The largest absolute Gasteiger partial charge is 0.400 e. The van der Waals surface area contributed by atoms with Crippen LogP contribution in [0.3, 0.4) is 0 Å². The Morgan fingerprint density at radius 1 is 0.556 bits per heavy atom. The Morgan fingerprint density at radius 3 is 0.556 bits per heavy atom. The third-order valence-electron chi connectivity index (χ3n) is 0. The van der Waals surface area contributed by atoms with Crippen LogP contribution in [-0.2, 0) is 0 Å². The summed E-state index contributed by atoms with van der Waals surface area (Å²) in [5.74, 6) is 0. The van der Waals surface area contributed by atoms with Gasteiger partial charge in [-0.25, -0.2) is 0 Å². The van der Waals surface area contributed by atoms with Gasteiger partial charge in [-0.3, -0.25) is 0 Å². The van der Waals surface area contributed by atoms with Crippen LogP contribution in [0.15, 0.2) is 0 Å². The van der Waals surface area contributed by atoms with Crippen molar-refractivity contribution in [1.29, 1.82) is 0 Å². The van der Waals surface area contributed by atoms with E-state index in [1.165, 1.54) is 0 Å². The summed E-state index contributed by atoms with van der Waals surface area (Å²) in [5.41, 5.74) is 0. The van der Waals surface area contributed by atoms with Crippen LogP contribution in [0.2, 0.25) is 0 Å². The Hall–Kier alpha value is -0.0400. The lowest BCUT2D eigenvalue weighted by atomic mass is 11.0. The average molecular weight is 140 g/mol. The van der Waals surface area contributed by atoms with Crippen molar-refractivity contribution in [2.75, 3.05) is 7.11 Å². The van der Waals surface area contributed by atoms with Gasteiger partial charge < -0.3 is 5.11 Å². The highest BCUT2D eigenvalue weighted by molar-refractivity contribution is 3.51. The molecule has 0 unspecified atom stereocenters. The van der Waals surface area contributed by atoms with Crippen molar-refractivity contribution >= 4 is 0 Å². The Balaban J connectivity index is -0.00000000321. The fraction of sp³-hybridized carbons (Fsp3) is 1.00. The quantitative estimate of drug-likeness (QED) is 0.545. The molecule has 66 valence electrons. The molecule has 1 N–H and O–H groups in total. The smallest absolute Gasteiger partial charge is 0.0319 e. The first kappa shape index (κ1) is 64.8. The molecule has 0 spiro atoms. The highest BCUT2D eigenvalue weighted by atomic mass is 16.2. The van der Waals surface area contributed by atoms with Crippen LogP contribution in [0.1, 0.15) is 50.0 Å². The summed E-state index contributed by atoms with van der Waals surface area (Å²) >= 11 is 0. The fourth-order valence-electron chi connectivity index (χ4n) is 0. The van der Waals surface area contributed by atoms with Crippen molar-refractivity contribution in [3.63, 3.8) is 0 Å². The summed E-state index contributed by atoms with van der Waals surface area (Å²) in [6.45, 7) is 8.00. The topological polar surface area (TPSA) is 20.2 Å². The highest BCUT2D eigenvalue weighted by Crippen LogP contribution is 1.15. The third-order valence-corrected chi connectivity index (χ3v) is 0. The highest BCUT2D eigenvalue weighted by Gasteiger charge is 0.934. The van der Waals surface area contributed by atoms with Crippen molar-refractivity contribution in [3.8, 4) is 0 Å². The summed E-state index contributed by atoms with van der Waals surface area (Å²) in [6.07, 6.45) is 0. The van der Waals surface area contributed by atoms with Gasteiger partial charge in [0.1, 0.15) is 0 Å². The maximum absolute atomic E-state index is 7.00. The maximum Gasteiger partial charge on any atom is 0.0319 e. The summed E-state index contributed by atoms with van der Waals surface area (Å²) < 4.78 is 0. The lowest BCUT2D eigenvalue weighted by molar-refractivity contribution is 0.399. The normalized spacial score (nSPS) is 2.00. The molecule has 0 atom stereocenters.